The molecule has 1 heteroatoms. The Morgan fingerprint density at radius 2 is 1.84 bits per heavy atom. The van der Waals surface area contributed by atoms with Gasteiger partial charge < -0.3 is 5.32 Å². The standard InChI is InChI=1S/C18H27N/c1-6-14(3)8-11-18(19-5)12-15(4)17(7-2)13-16-9-10-16/h6-8,11,16,19H,1-2,9-10,12-13H2,3-5H3/b14-8-,17-15+,18-11+. The SMILES string of the molecule is C=C/C(C)=C\C=C(/C/C(C)=C(\C=C)CC1CC1)NC. The van der Waals surface area contributed by atoms with Gasteiger partial charge in [-0.25, -0.2) is 0 Å². The fourth-order valence-electron chi connectivity index (χ4n) is 1.99. The maximum absolute atomic E-state index is 3.96. The van der Waals surface area contributed by atoms with Crippen LogP contribution < -0.4 is 5.32 Å². The molecule has 0 aromatic carbocycles. The second-order valence-corrected chi connectivity index (χ2v) is 5.39. The zero-order chi connectivity index (χ0) is 14.3. The molecule has 1 fully saturated rings. The summed E-state index contributed by atoms with van der Waals surface area (Å²) in [7, 11) is 1.98. The van der Waals surface area contributed by atoms with E-state index in [-0.39, 0.29) is 0 Å². The van der Waals surface area contributed by atoms with Gasteiger partial charge >= 0.3 is 0 Å². The molecule has 0 heterocycles. The van der Waals surface area contributed by atoms with Crippen LogP contribution in [-0.4, -0.2) is 7.05 Å². The molecule has 0 aromatic heterocycles. The predicted molar refractivity (Wildman–Crippen MR) is 86.0 cm³/mol. The van der Waals surface area contributed by atoms with Crippen LogP contribution in [0.4, 0.5) is 0 Å². The fourth-order valence-corrected chi connectivity index (χ4v) is 1.99. The van der Waals surface area contributed by atoms with Crippen LogP contribution in [0.1, 0.15) is 39.5 Å². The zero-order valence-corrected chi connectivity index (χ0v) is 12.6. The summed E-state index contributed by atoms with van der Waals surface area (Å²) in [6.45, 7) is 12.0. The molecule has 0 unspecified atom stereocenters. The summed E-state index contributed by atoms with van der Waals surface area (Å²) in [5.74, 6) is 0.910. The van der Waals surface area contributed by atoms with Gasteiger partial charge in [-0.05, 0) is 50.7 Å². The molecule has 0 spiro atoms. The van der Waals surface area contributed by atoms with Crippen molar-refractivity contribution in [2.75, 3.05) is 7.05 Å². The maximum atomic E-state index is 3.96. The summed E-state index contributed by atoms with van der Waals surface area (Å²) in [5, 5.41) is 3.27. The van der Waals surface area contributed by atoms with Crippen molar-refractivity contribution >= 4 is 0 Å². The van der Waals surface area contributed by atoms with Gasteiger partial charge in [0, 0.05) is 19.2 Å². The third-order valence-corrected chi connectivity index (χ3v) is 3.65. The highest BCUT2D eigenvalue weighted by Crippen LogP contribution is 2.36. The quantitative estimate of drug-likeness (QED) is 0.609. The lowest BCUT2D eigenvalue weighted by molar-refractivity contribution is 0.813. The van der Waals surface area contributed by atoms with E-state index < -0.39 is 0 Å². The minimum atomic E-state index is 0.910. The molecule has 0 saturated heterocycles. The Balaban J connectivity index is 2.74. The molecule has 1 nitrogen and oxygen atoms in total. The number of hydrogen-bond acceptors (Lipinski definition) is 1. The number of allylic oxidation sites excluding steroid dienone is 7. The largest absolute Gasteiger partial charge is 0.391 e. The molecule has 1 aliphatic rings. The van der Waals surface area contributed by atoms with E-state index in [0.717, 1.165) is 12.3 Å². The van der Waals surface area contributed by atoms with E-state index in [9.17, 15) is 0 Å². The third kappa shape index (κ3) is 5.78. The van der Waals surface area contributed by atoms with Crippen LogP contribution in [0.25, 0.3) is 0 Å². The molecule has 104 valence electrons. The van der Waals surface area contributed by atoms with E-state index in [1.807, 2.05) is 19.2 Å². The van der Waals surface area contributed by atoms with Gasteiger partial charge in [0.2, 0.25) is 0 Å². The molecule has 1 aliphatic carbocycles. The lowest BCUT2D eigenvalue weighted by atomic mass is 9.99. The Bertz CT molecular complexity index is 417. The van der Waals surface area contributed by atoms with Gasteiger partial charge in [0.25, 0.3) is 0 Å². The maximum Gasteiger partial charge on any atom is 0.0145 e. The molecule has 0 aliphatic heterocycles. The summed E-state index contributed by atoms with van der Waals surface area (Å²) < 4.78 is 0. The summed E-state index contributed by atoms with van der Waals surface area (Å²) in [6, 6.07) is 0. The fraction of sp³-hybridized carbons (Fsp3) is 0.444. The Morgan fingerprint density at radius 1 is 1.16 bits per heavy atom. The first-order valence-electron chi connectivity index (χ1n) is 7.09. The molecule has 0 amide bonds. The van der Waals surface area contributed by atoms with Crippen LogP contribution in [-0.2, 0) is 0 Å². The summed E-state index contributed by atoms with van der Waals surface area (Å²) in [4.78, 5) is 0. The zero-order valence-electron chi connectivity index (χ0n) is 12.6. The number of hydrogen-bond donors (Lipinski definition) is 1. The van der Waals surface area contributed by atoms with Gasteiger partial charge in [-0.3, -0.25) is 0 Å². The minimum absolute atomic E-state index is 0.910. The summed E-state index contributed by atoms with van der Waals surface area (Å²) >= 11 is 0. The van der Waals surface area contributed by atoms with Crippen molar-refractivity contribution in [3.8, 4) is 0 Å². The van der Waals surface area contributed by atoms with Crippen molar-refractivity contribution < 1.29 is 0 Å². The Morgan fingerprint density at radius 3 is 2.32 bits per heavy atom. The molecule has 1 saturated carbocycles. The molecule has 0 radical (unpaired) electrons. The molecule has 1 rings (SSSR count). The first-order chi connectivity index (χ1) is 9.10. The predicted octanol–water partition coefficient (Wildman–Crippen LogP) is 4.91. The van der Waals surface area contributed by atoms with Crippen molar-refractivity contribution in [1.29, 1.82) is 0 Å². The van der Waals surface area contributed by atoms with Gasteiger partial charge in [-0.1, -0.05) is 42.5 Å². The highest BCUT2D eigenvalue weighted by atomic mass is 14.8. The summed E-state index contributed by atoms with van der Waals surface area (Å²) in [5.41, 5.74) is 5.25. The van der Waals surface area contributed by atoms with Gasteiger partial charge in [-0.15, -0.1) is 0 Å². The number of rotatable bonds is 8. The van der Waals surface area contributed by atoms with Crippen molar-refractivity contribution in [2.45, 2.75) is 39.5 Å². The van der Waals surface area contributed by atoms with Crippen molar-refractivity contribution in [3.05, 3.63) is 59.9 Å². The van der Waals surface area contributed by atoms with E-state index in [1.165, 1.54) is 41.7 Å². The smallest absolute Gasteiger partial charge is 0.0145 e. The normalized spacial score (nSPS) is 17.8. The van der Waals surface area contributed by atoms with Crippen LogP contribution in [0, 0.1) is 5.92 Å². The van der Waals surface area contributed by atoms with Crippen LogP contribution in [0.5, 0.6) is 0 Å². The third-order valence-electron chi connectivity index (χ3n) is 3.65. The van der Waals surface area contributed by atoms with Gasteiger partial charge in [0.05, 0.1) is 0 Å². The Kier molecular flexibility index (Phi) is 6.41. The molecule has 19 heavy (non-hydrogen) atoms. The average molecular weight is 257 g/mol. The Hall–Kier alpha value is -1.50. The highest BCUT2D eigenvalue weighted by molar-refractivity contribution is 5.30. The van der Waals surface area contributed by atoms with Crippen molar-refractivity contribution in [3.63, 3.8) is 0 Å². The lowest BCUT2D eigenvalue weighted by Gasteiger charge is -2.11. The van der Waals surface area contributed by atoms with Crippen molar-refractivity contribution in [1.82, 2.24) is 5.32 Å². The second kappa shape index (κ2) is 7.83. The molecule has 0 aromatic rings. The van der Waals surface area contributed by atoms with E-state index in [4.69, 9.17) is 0 Å². The second-order valence-electron chi connectivity index (χ2n) is 5.39. The molecule has 1 N–H and O–H groups in total. The molecule has 0 bridgehead atoms. The first kappa shape index (κ1) is 15.6. The Labute approximate surface area is 118 Å². The van der Waals surface area contributed by atoms with Crippen LogP contribution in [0.15, 0.2) is 59.9 Å². The number of nitrogens with one attached hydrogen (secondary N) is 1. The average Bonchev–Trinajstić information content (AvgIpc) is 3.23. The van der Waals surface area contributed by atoms with E-state index in [1.54, 1.807) is 0 Å². The lowest BCUT2D eigenvalue weighted by Crippen LogP contribution is -2.06. The van der Waals surface area contributed by atoms with Crippen molar-refractivity contribution in [2.24, 2.45) is 5.92 Å². The van der Waals surface area contributed by atoms with Gasteiger partial charge in [0.15, 0.2) is 0 Å². The molecular weight excluding hydrogens is 230 g/mol. The molecule has 0 atom stereocenters. The van der Waals surface area contributed by atoms with E-state index in [2.05, 4.69) is 44.5 Å². The topological polar surface area (TPSA) is 12.0 Å². The van der Waals surface area contributed by atoms with Gasteiger partial charge in [0.1, 0.15) is 0 Å². The molecular formula is C18H27N. The minimum Gasteiger partial charge on any atom is -0.391 e. The van der Waals surface area contributed by atoms with Crippen LogP contribution in [0.2, 0.25) is 0 Å². The van der Waals surface area contributed by atoms with E-state index in [0.29, 0.717) is 0 Å². The monoisotopic (exact) mass is 257 g/mol. The van der Waals surface area contributed by atoms with Crippen LogP contribution in [0.3, 0.4) is 0 Å². The van der Waals surface area contributed by atoms with Gasteiger partial charge in [-0.2, -0.15) is 0 Å². The highest BCUT2D eigenvalue weighted by Gasteiger charge is 2.22. The van der Waals surface area contributed by atoms with E-state index >= 15 is 0 Å². The first-order valence-corrected chi connectivity index (χ1v) is 7.09. The summed E-state index contributed by atoms with van der Waals surface area (Å²) in [6.07, 6.45) is 13.1. The van der Waals surface area contributed by atoms with Crippen LogP contribution >= 0.6 is 0 Å².